The Kier molecular flexibility index (Phi) is 4.97. The molecule has 3 fully saturated rings. The Morgan fingerprint density at radius 3 is 2.88 bits per heavy atom. The van der Waals surface area contributed by atoms with Gasteiger partial charge in [0.25, 0.3) is 0 Å². The number of hydrogen-bond acceptors (Lipinski definition) is 3. The Bertz CT molecular complexity index is 637. The van der Waals surface area contributed by atoms with Crippen LogP contribution in [0.25, 0.3) is 0 Å². The molecular formula is C19H25N3O2. The van der Waals surface area contributed by atoms with E-state index in [1.807, 2.05) is 35.8 Å². The van der Waals surface area contributed by atoms with E-state index in [9.17, 15) is 9.59 Å². The van der Waals surface area contributed by atoms with Gasteiger partial charge in [0.1, 0.15) is 0 Å². The molecule has 2 amide bonds. The number of aromatic nitrogens is 1. The summed E-state index contributed by atoms with van der Waals surface area (Å²) in [5, 5.41) is 0. The molecule has 3 saturated heterocycles. The minimum atomic E-state index is -0.0489. The number of carbonyl (C=O) groups excluding carboxylic acids is 2. The van der Waals surface area contributed by atoms with Crippen LogP contribution < -0.4 is 0 Å². The average molecular weight is 327 g/mol. The van der Waals surface area contributed by atoms with E-state index in [1.165, 1.54) is 5.57 Å². The van der Waals surface area contributed by atoms with E-state index >= 15 is 0 Å². The van der Waals surface area contributed by atoms with E-state index in [0.717, 1.165) is 18.4 Å². The normalized spacial score (nSPS) is 23.2. The Morgan fingerprint density at radius 1 is 1.33 bits per heavy atom. The number of carbonyl (C=O) groups is 2. The Labute approximate surface area is 143 Å². The van der Waals surface area contributed by atoms with E-state index < -0.39 is 0 Å². The molecule has 3 aliphatic heterocycles. The first kappa shape index (κ1) is 16.7. The van der Waals surface area contributed by atoms with Crippen molar-refractivity contribution in [2.75, 3.05) is 19.6 Å². The molecule has 24 heavy (non-hydrogen) atoms. The minimum Gasteiger partial charge on any atom is -0.340 e. The summed E-state index contributed by atoms with van der Waals surface area (Å²) in [6.07, 6.45) is 7.78. The summed E-state index contributed by atoms with van der Waals surface area (Å²) in [5.74, 6) is 0.254. The van der Waals surface area contributed by atoms with Crippen molar-refractivity contribution in [3.63, 3.8) is 0 Å². The minimum absolute atomic E-state index is 0.0489. The highest BCUT2D eigenvalue weighted by molar-refractivity contribution is 5.84. The fourth-order valence-electron chi connectivity index (χ4n) is 3.55. The molecular weight excluding hydrogens is 302 g/mol. The maximum absolute atomic E-state index is 12.7. The molecule has 0 unspecified atom stereocenters. The van der Waals surface area contributed by atoms with Crippen LogP contribution in [0.3, 0.4) is 0 Å². The molecule has 0 radical (unpaired) electrons. The molecule has 2 atom stereocenters. The fourth-order valence-corrected chi connectivity index (χ4v) is 3.55. The first-order chi connectivity index (χ1) is 11.5. The molecule has 5 nitrogen and oxygen atoms in total. The molecule has 4 rings (SSSR count). The third kappa shape index (κ3) is 3.66. The van der Waals surface area contributed by atoms with Crippen LogP contribution in [0.1, 0.15) is 32.3 Å². The molecule has 0 spiro atoms. The van der Waals surface area contributed by atoms with E-state index in [-0.39, 0.29) is 23.8 Å². The summed E-state index contributed by atoms with van der Waals surface area (Å²) in [6.45, 7) is 5.96. The molecule has 1 aromatic rings. The average Bonchev–Trinajstić information content (AvgIpc) is 2.85. The first-order valence-corrected chi connectivity index (χ1v) is 8.65. The van der Waals surface area contributed by atoms with E-state index in [2.05, 4.69) is 11.1 Å². The third-order valence-electron chi connectivity index (χ3n) is 4.92. The summed E-state index contributed by atoms with van der Waals surface area (Å²) >= 11 is 0. The number of nitrogens with zero attached hydrogens (tertiary/aromatic N) is 3. The molecule has 2 bridgehead atoms. The number of piperidine rings is 1. The van der Waals surface area contributed by atoms with E-state index in [1.54, 1.807) is 12.4 Å². The molecule has 128 valence electrons. The van der Waals surface area contributed by atoms with Gasteiger partial charge in [-0.25, -0.2) is 0 Å². The third-order valence-corrected chi connectivity index (χ3v) is 4.92. The van der Waals surface area contributed by atoms with Gasteiger partial charge in [-0.3, -0.25) is 14.6 Å². The van der Waals surface area contributed by atoms with Crippen molar-refractivity contribution >= 4 is 11.8 Å². The zero-order valence-electron chi connectivity index (χ0n) is 14.4. The van der Waals surface area contributed by atoms with Crippen LogP contribution in [0, 0.1) is 5.92 Å². The number of hydrogen-bond donors (Lipinski definition) is 0. The summed E-state index contributed by atoms with van der Waals surface area (Å²) in [4.78, 5) is 33.3. The lowest BCUT2D eigenvalue weighted by molar-refractivity contribution is -0.139. The Balaban J connectivity index is 1.71. The molecule has 4 heterocycles. The molecule has 0 N–H and O–H groups in total. The molecule has 3 aliphatic rings. The summed E-state index contributed by atoms with van der Waals surface area (Å²) in [5.41, 5.74) is 2.14. The van der Waals surface area contributed by atoms with E-state index in [4.69, 9.17) is 0 Å². The summed E-state index contributed by atoms with van der Waals surface area (Å²) in [7, 11) is 0. The SMILES string of the molecule is CC(C)=CCN1C(=O)[C@H]2CC[C@@H]1CN(C(=O)Cc1cccnc1)C2. The largest absolute Gasteiger partial charge is 0.340 e. The zero-order valence-corrected chi connectivity index (χ0v) is 14.4. The maximum atomic E-state index is 12.7. The highest BCUT2D eigenvalue weighted by Crippen LogP contribution is 2.29. The van der Waals surface area contributed by atoms with Gasteiger partial charge in [-0.05, 0) is 38.3 Å². The monoisotopic (exact) mass is 327 g/mol. The van der Waals surface area contributed by atoms with Gasteiger partial charge in [-0.15, -0.1) is 0 Å². The smallest absolute Gasteiger partial charge is 0.228 e. The second kappa shape index (κ2) is 7.16. The quantitative estimate of drug-likeness (QED) is 0.795. The van der Waals surface area contributed by atoms with Crippen molar-refractivity contribution in [3.8, 4) is 0 Å². The van der Waals surface area contributed by atoms with Gasteiger partial charge in [-0.2, -0.15) is 0 Å². The van der Waals surface area contributed by atoms with Crippen molar-refractivity contribution in [1.29, 1.82) is 0 Å². The number of rotatable bonds is 4. The standard InChI is InChI=1S/C19H25N3O2/c1-14(2)7-9-22-17-6-5-16(19(22)24)12-21(13-17)18(23)10-15-4-3-8-20-11-15/h3-4,7-8,11,16-17H,5-6,9-10,12-13H2,1-2H3/t16-,17+/m0/s1. The van der Waals surface area contributed by atoms with Crippen LogP contribution in [0.4, 0.5) is 0 Å². The number of fused-ring (bicyclic) bond motifs is 4. The summed E-state index contributed by atoms with van der Waals surface area (Å²) in [6, 6.07) is 3.91. The zero-order chi connectivity index (χ0) is 17.1. The number of allylic oxidation sites excluding steroid dienone is 1. The molecule has 0 aromatic carbocycles. The second-order valence-electron chi connectivity index (χ2n) is 7.04. The van der Waals surface area contributed by atoms with Gasteiger partial charge >= 0.3 is 0 Å². The van der Waals surface area contributed by atoms with Crippen molar-refractivity contribution in [1.82, 2.24) is 14.8 Å². The van der Waals surface area contributed by atoms with Crippen LogP contribution in [0.15, 0.2) is 36.2 Å². The highest BCUT2D eigenvalue weighted by atomic mass is 16.2. The second-order valence-corrected chi connectivity index (χ2v) is 7.04. The van der Waals surface area contributed by atoms with Crippen LogP contribution in [0.2, 0.25) is 0 Å². The van der Waals surface area contributed by atoms with Gasteiger partial charge in [0, 0.05) is 38.1 Å². The molecule has 0 aliphatic carbocycles. The Morgan fingerprint density at radius 2 is 2.17 bits per heavy atom. The predicted molar refractivity (Wildman–Crippen MR) is 92.2 cm³/mol. The van der Waals surface area contributed by atoms with Gasteiger partial charge in [-0.1, -0.05) is 17.7 Å². The highest BCUT2D eigenvalue weighted by Gasteiger charge is 2.41. The topological polar surface area (TPSA) is 53.5 Å². The van der Waals surface area contributed by atoms with Crippen molar-refractivity contribution < 1.29 is 9.59 Å². The van der Waals surface area contributed by atoms with Gasteiger partial charge in [0.2, 0.25) is 11.8 Å². The van der Waals surface area contributed by atoms with Gasteiger partial charge in [0.05, 0.1) is 12.3 Å². The van der Waals surface area contributed by atoms with Crippen molar-refractivity contribution in [2.45, 2.75) is 39.2 Å². The molecule has 0 saturated carbocycles. The predicted octanol–water partition coefficient (Wildman–Crippen LogP) is 2.04. The molecule has 1 aromatic heterocycles. The first-order valence-electron chi connectivity index (χ1n) is 8.65. The summed E-state index contributed by atoms with van der Waals surface area (Å²) < 4.78 is 0. The fraction of sp³-hybridized carbons (Fsp3) is 0.526. The van der Waals surface area contributed by atoms with Crippen LogP contribution in [-0.4, -0.2) is 52.3 Å². The lowest BCUT2D eigenvalue weighted by atomic mass is 9.94. The van der Waals surface area contributed by atoms with Gasteiger partial charge < -0.3 is 9.80 Å². The maximum Gasteiger partial charge on any atom is 0.228 e. The number of pyridine rings is 1. The number of amides is 2. The van der Waals surface area contributed by atoms with Crippen molar-refractivity contribution in [2.24, 2.45) is 5.92 Å². The Hall–Kier alpha value is -2.17. The van der Waals surface area contributed by atoms with Gasteiger partial charge in [0.15, 0.2) is 0 Å². The van der Waals surface area contributed by atoms with Crippen LogP contribution in [-0.2, 0) is 16.0 Å². The van der Waals surface area contributed by atoms with Crippen LogP contribution in [0.5, 0.6) is 0 Å². The van der Waals surface area contributed by atoms with E-state index in [0.29, 0.717) is 26.1 Å². The lowest BCUT2D eigenvalue weighted by Gasteiger charge is -2.35. The molecule has 5 heteroatoms. The van der Waals surface area contributed by atoms with Crippen molar-refractivity contribution in [3.05, 3.63) is 41.7 Å². The van der Waals surface area contributed by atoms with Crippen LogP contribution >= 0.6 is 0 Å². The lowest BCUT2D eigenvalue weighted by Crippen LogP contribution is -2.48.